The molecule has 0 unspecified atom stereocenters. The summed E-state index contributed by atoms with van der Waals surface area (Å²) >= 11 is 1.20. The van der Waals surface area contributed by atoms with Crippen molar-refractivity contribution >= 4 is 29.4 Å². The predicted octanol–water partition coefficient (Wildman–Crippen LogP) is 2.93. The molecule has 28 heavy (non-hydrogen) atoms. The van der Waals surface area contributed by atoms with Gasteiger partial charge in [-0.3, -0.25) is 10.1 Å². The van der Waals surface area contributed by atoms with Crippen LogP contribution in [0.4, 0.5) is 10.5 Å². The van der Waals surface area contributed by atoms with E-state index >= 15 is 0 Å². The van der Waals surface area contributed by atoms with Gasteiger partial charge in [0, 0.05) is 18.3 Å². The molecule has 9 heteroatoms. The number of amides is 3. The van der Waals surface area contributed by atoms with Gasteiger partial charge in [0.25, 0.3) is 0 Å². The van der Waals surface area contributed by atoms with Crippen LogP contribution in [0.15, 0.2) is 59.8 Å². The zero-order valence-electron chi connectivity index (χ0n) is 15.4. The molecule has 0 spiro atoms. The van der Waals surface area contributed by atoms with Crippen LogP contribution in [0, 0.1) is 0 Å². The zero-order valence-corrected chi connectivity index (χ0v) is 16.2. The SMILES string of the molecule is COc1ccc(-c2nnc(SCC(=O)NC(=O)Nc3ccccc3)n2C)cc1. The quantitative estimate of drug-likeness (QED) is 0.621. The molecule has 0 saturated heterocycles. The standard InChI is InChI=1S/C19H19N5O3S/c1-24-17(13-8-10-15(27-2)11-9-13)22-23-19(24)28-12-16(25)21-18(26)20-14-6-4-3-5-7-14/h3-11H,12H2,1-2H3,(H2,20,21,25,26). The second-order valence-electron chi connectivity index (χ2n) is 5.75. The molecule has 0 aliphatic carbocycles. The van der Waals surface area contributed by atoms with Gasteiger partial charge in [0.2, 0.25) is 5.91 Å². The molecule has 8 nitrogen and oxygen atoms in total. The highest BCUT2D eigenvalue weighted by atomic mass is 32.2. The van der Waals surface area contributed by atoms with Gasteiger partial charge < -0.3 is 14.6 Å². The third-order valence-electron chi connectivity index (χ3n) is 3.80. The summed E-state index contributed by atoms with van der Waals surface area (Å²) in [7, 11) is 3.43. The summed E-state index contributed by atoms with van der Waals surface area (Å²) < 4.78 is 6.95. The first-order valence-electron chi connectivity index (χ1n) is 8.39. The minimum absolute atomic E-state index is 0.0385. The molecule has 0 atom stereocenters. The van der Waals surface area contributed by atoms with Crippen LogP contribution in [0.1, 0.15) is 0 Å². The van der Waals surface area contributed by atoms with Crippen LogP contribution in [0.25, 0.3) is 11.4 Å². The monoisotopic (exact) mass is 397 g/mol. The summed E-state index contributed by atoms with van der Waals surface area (Å²) in [5.74, 6) is 1.04. The number of nitrogens with one attached hydrogen (secondary N) is 2. The van der Waals surface area contributed by atoms with E-state index in [9.17, 15) is 9.59 Å². The molecule has 1 heterocycles. The molecule has 0 radical (unpaired) electrons. The van der Waals surface area contributed by atoms with E-state index in [0.717, 1.165) is 11.3 Å². The van der Waals surface area contributed by atoms with Crippen molar-refractivity contribution in [2.45, 2.75) is 5.16 Å². The fourth-order valence-corrected chi connectivity index (χ4v) is 3.12. The zero-order chi connectivity index (χ0) is 19.9. The lowest BCUT2D eigenvalue weighted by Crippen LogP contribution is -2.35. The van der Waals surface area contributed by atoms with Crippen LogP contribution in [0.2, 0.25) is 0 Å². The van der Waals surface area contributed by atoms with Crippen molar-refractivity contribution in [3.05, 3.63) is 54.6 Å². The molecule has 0 fully saturated rings. The van der Waals surface area contributed by atoms with Gasteiger partial charge in [-0.25, -0.2) is 4.79 Å². The van der Waals surface area contributed by atoms with Gasteiger partial charge in [-0.1, -0.05) is 30.0 Å². The van der Waals surface area contributed by atoms with Crippen molar-refractivity contribution < 1.29 is 14.3 Å². The van der Waals surface area contributed by atoms with E-state index in [-0.39, 0.29) is 5.75 Å². The van der Waals surface area contributed by atoms with Gasteiger partial charge in [-0.05, 0) is 36.4 Å². The molecular weight excluding hydrogens is 378 g/mol. The molecular formula is C19H19N5O3S. The Kier molecular flexibility index (Phi) is 6.28. The lowest BCUT2D eigenvalue weighted by molar-refractivity contribution is -0.117. The molecule has 2 aromatic carbocycles. The summed E-state index contributed by atoms with van der Waals surface area (Å²) in [4.78, 5) is 23.9. The van der Waals surface area contributed by atoms with Crippen molar-refractivity contribution in [2.75, 3.05) is 18.2 Å². The van der Waals surface area contributed by atoms with Crippen LogP contribution >= 0.6 is 11.8 Å². The Morgan fingerprint density at radius 3 is 2.46 bits per heavy atom. The first-order valence-corrected chi connectivity index (χ1v) is 9.38. The molecule has 1 aromatic heterocycles. The Balaban J connectivity index is 1.55. The fourth-order valence-electron chi connectivity index (χ4n) is 2.41. The molecule has 2 N–H and O–H groups in total. The maximum absolute atomic E-state index is 12.0. The number of rotatable bonds is 6. The van der Waals surface area contributed by atoms with Crippen molar-refractivity contribution in [3.8, 4) is 17.1 Å². The van der Waals surface area contributed by atoms with E-state index in [2.05, 4.69) is 20.8 Å². The smallest absolute Gasteiger partial charge is 0.325 e. The molecule has 3 aromatic rings. The number of nitrogens with zero attached hydrogens (tertiary/aromatic N) is 3. The van der Waals surface area contributed by atoms with Gasteiger partial charge in [0.05, 0.1) is 12.9 Å². The summed E-state index contributed by atoms with van der Waals surface area (Å²) in [6, 6.07) is 15.8. The predicted molar refractivity (Wildman–Crippen MR) is 107 cm³/mol. The highest BCUT2D eigenvalue weighted by molar-refractivity contribution is 7.99. The van der Waals surface area contributed by atoms with Gasteiger partial charge in [0.15, 0.2) is 11.0 Å². The van der Waals surface area contributed by atoms with Crippen molar-refractivity contribution in [1.82, 2.24) is 20.1 Å². The van der Waals surface area contributed by atoms with Crippen LogP contribution < -0.4 is 15.4 Å². The molecule has 144 valence electrons. The number of hydrogen-bond donors (Lipinski definition) is 2. The average Bonchev–Trinajstić information content (AvgIpc) is 3.07. The average molecular weight is 397 g/mol. The Morgan fingerprint density at radius 1 is 1.07 bits per heavy atom. The highest BCUT2D eigenvalue weighted by Gasteiger charge is 2.14. The van der Waals surface area contributed by atoms with Gasteiger partial charge >= 0.3 is 6.03 Å². The number of thioether (sulfide) groups is 1. The Labute approximate surface area is 166 Å². The molecule has 3 amide bonds. The first-order chi connectivity index (χ1) is 13.6. The Bertz CT molecular complexity index is 957. The largest absolute Gasteiger partial charge is 0.497 e. The van der Waals surface area contributed by atoms with Crippen LogP contribution in [-0.4, -0.2) is 39.6 Å². The number of carbonyl (C=O) groups is 2. The molecule has 0 aliphatic heterocycles. The fraction of sp³-hybridized carbons (Fsp3) is 0.158. The maximum atomic E-state index is 12.0. The number of urea groups is 1. The van der Waals surface area contributed by atoms with Gasteiger partial charge in [-0.2, -0.15) is 0 Å². The number of methoxy groups -OCH3 is 1. The normalized spacial score (nSPS) is 10.4. The summed E-state index contributed by atoms with van der Waals surface area (Å²) in [6.45, 7) is 0. The summed E-state index contributed by atoms with van der Waals surface area (Å²) in [5.41, 5.74) is 1.49. The van der Waals surface area contributed by atoms with Crippen LogP contribution in [0.3, 0.4) is 0 Å². The first kappa shape index (κ1) is 19.4. The minimum atomic E-state index is -0.575. The summed E-state index contributed by atoms with van der Waals surface area (Å²) in [6.07, 6.45) is 0. The number of para-hydroxylation sites is 1. The third-order valence-corrected chi connectivity index (χ3v) is 4.82. The Hall–Kier alpha value is -3.33. The number of anilines is 1. The van der Waals surface area contributed by atoms with Crippen molar-refractivity contribution in [3.63, 3.8) is 0 Å². The van der Waals surface area contributed by atoms with E-state index < -0.39 is 11.9 Å². The van der Waals surface area contributed by atoms with Crippen LogP contribution in [0.5, 0.6) is 5.75 Å². The lowest BCUT2D eigenvalue weighted by atomic mass is 10.2. The van der Waals surface area contributed by atoms with E-state index in [1.165, 1.54) is 11.8 Å². The van der Waals surface area contributed by atoms with Gasteiger partial charge in [0.1, 0.15) is 5.75 Å². The van der Waals surface area contributed by atoms with Gasteiger partial charge in [-0.15, -0.1) is 10.2 Å². The molecule has 0 bridgehead atoms. The second kappa shape index (κ2) is 9.05. The van der Waals surface area contributed by atoms with E-state index in [0.29, 0.717) is 16.7 Å². The number of aromatic nitrogens is 3. The molecule has 0 saturated carbocycles. The number of ether oxygens (including phenoxy) is 1. The highest BCUT2D eigenvalue weighted by Crippen LogP contribution is 2.24. The minimum Gasteiger partial charge on any atom is -0.497 e. The third kappa shape index (κ3) is 4.89. The van der Waals surface area contributed by atoms with Crippen molar-refractivity contribution in [2.24, 2.45) is 7.05 Å². The topological polar surface area (TPSA) is 98.1 Å². The molecule has 0 aliphatic rings. The number of benzene rings is 2. The maximum Gasteiger partial charge on any atom is 0.325 e. The number of carbonyl (C=O) groups excluding carboxylic acids is 2. The Morgan fingerprint density at radius 2 is 1.79 bits per heavy atom. The summed E-state index contributed by atoms with van der Waals surface area (Å²) in [5, 5.41) is 13.7. The van der Waals surface area contributed by atoms with Crippen molar-refractivity contribution in [1.29, 1.82) is 0 Å². The van der Waals surface area contributed by atoms with E-state index in [1.807, 2.05) is 37.4 Å². The lowest BCUT2D eigenvalue weighted by Gasteiger charge is -2.07. The second-order valence-corrected chi connectivity index (χ2v) is 6.69. The molecule has 3 rings (SSSR count). The number of hydrogen-bond acceptors (Lipinski definition) is 6. The van der Waals surface area contributed by atoms with Crippen LogP contribution in [-0.2, 0) is 11.8 Å². The van der Waals surface area contributed by atoms with E-state index in [1.54, 1.807) is 35.9 Å². The number of imide groups is 1. The van der Waals surface area contributed by atoms with E-state index in [4.69, 9.17) is 4.74 Å².